The Kier molecular flexibility index (Phi) is 3.50. The second kappa shape index (κ2) is 5.56. The van der Waals surface area contributed by atoms with E-state index in [9.17, 15) is 9.50 Å². The lowest BCUT2D eigenvalue weighted by Crippen LogP contribution is -2.37. The number of nitrogen functional groups attached to an aromatic ring is 1. The number of halogens is 1. The van der Waals surface area contributed by atoms with Gasteiger partial charge in [-0.1, -0.05) is 6.58 Å². The summed E-state index contributed by atoms with van der Waals surface area (Å²) >= 11 is 0. The van der Waals surface area contributed by atoms with Crippen molar-refractivity contribution >= 4 is 22.9 Å². The van der Waals surface area contributed by atoms with Gasteiger partial charge in [0.15, 0.2) is 17.6 Å². The summed E-state index contributed by atoms with van der Waals surface area (Å²) < 4.78 is 26.3. The van der Waals surface area contributed by atoms with Gasteiger partial charge in [-0.2, -0.15) is 9.97 Å². The van der Waals surface area contributed by atoms with Crippen molar-refractivity contribution in [3.8, 4) is 0 Å². The molecule has 3 N–H and O–H groups in total. The summed E-state index contributed by atoms with van der Waals surface area (Å²) in [6.07, 6.45) is -2.77. The first-order chi connectivity index (χ1) is 11.6. The first-order valence-corrected chi connectivity index (χ1v) is 7.56. The van der Waals surface area contributed by atoms with Gasteiger partial charge in [-0.3, -0.25) is 4.57 Å². The van der Waals surface area contributed by atoms with E-state index in [0.29, 0.717) is 43.4 Å². The standard InChI is InChI=1S/C14H17FN6O3/c1-7-10(22)8(15)13(24-7)21-6-17-9-11(16)18-14(19-12(9)21)20-2-4-23-5-3-20/h6,8,10,13,22H,1-5H2,(H2,16,18,19)/t8-,10+,13+/m0/s1. The highest BCUT2D eigenvalue weighted by atomic mass is 19.1. The van der Waals surface area contributed by atoms with E-state index in [-0.39, 0.29) is 11.6 Å². The number of ether oxygens (including phenoxy) is 2. The number of hydrogen-bond donors (Lipinski definition) is 2. The van der Waals surface area contributed by atoms with Crippen molar-refractivity contribution in [2.24, 2.45) is 0 Å². The van der Waals surface area contributed by atoms with E-state index >= 15 is 0 Å². The minimum Gasteiger partial charge on any atom is -0.469 e. The second-order valence-corrected chi connectivity index (χ2v) is 5.70. The zero-order valence-corrected chi connectivity index (χ0v) is 12.8. The number of rotatable bonds is 2. The molecule has 9 nitrogen and oxygen atoms in total. The molecule has 2 aromatic rings. The van der Waals surface area contributed by atoms with Crippen LogP contribution in [0.1, 0.15) is 6.23 Å². The van der Waals surface area contributed by atoms with Crippen LogP contribution >= 0.6 is 0 Å². The number of aliphatic hydroxyl groups is 1. The molecule has 0 radical (unpaired) electrons. The fourth-order valence-corrected chi connectivity index (χ4v) is 2.85. The Hall–Kier alpha value is -2.46. The van der Waals surface area contributed by atoms with E-state index < -0.39 is 18.5 Å². The lowest BCUT2D eigenvalue weighted by Gasteiger charge is -2.27. The molecule has 3 atom stereocenters. The average molecular weight is 336 g/mol. The summed E-state index contributed by atoms with van der Waals surface area (Å²) in [5.41, 5.74) is 6.68. The van der Waals surface area contributed by atoms with Crippen LogP contribution in [0.25, 0.3) is 11.2 Å². The summed E-state index contributed by atoms with van der Waals surface area (Å²) in [7, 11) is 0. The van der Waals surface area contributed by atoms with Gasteiger partial charge in [0.25, 0.3) is 0 Å². The number of imidazole rings is 1. The van der Waals surface area contributed by atoms with Gasteiger partial charge in [-0.15, -0.1) is 0 Å². The average Bonchev–Trinajstić information content (AvgIpc) is 3.12. The van der Waals surface area contributed by atoms with E-state index in [1.807, 2.05) is 4.90 Å². The van der Waals surface area contributed by atoms with Crippen LogP contribution in [0.2, 0.25) is 0 Å². The Labute approximate surface area is 136 Å². The molecule has 2 aliphatic rings. The molecular formula is C14H17FN6O3. The van der Waals surface area contributed by atoms with Crippen LogP contribution in [-0.2, 0) is 9.47 Å². The highest BCUT2D eigenvalue weighted by Crippen LogP contribution is 2.35. The van der Waals surface area contributed by atoms with Crippen LogP contribution < -0.4 is 10.6 Å². The molecule has 0 bridgehead atoms. The van der Waals surface area contributed by atoms with Gasteiger partial charge < -0.3 is 25.2 Å². The van der Waals surface area contributed by atoms with Crippen LogP contribution in [0.5, 0.6) is 0 Å². The van der Waals surface area contributed by atoms with Gasteiger partial charge in [0.1, 0.15) is 23.7 Å². The van der Waals surface area contributed by atoms with Gasteiger partial charge in [0.2, 0.25) is 12.2 Å². The van der Waals surface area contributed by atoms with Crippen molar-refractivity contribution in [3.05, 3.63) is 18.7 Å². The molecule has 2 aliphatic heterocycles. The van der Waals surface area contributed by atoms with E-state index in [0.717, 1.165) is 0 Å². The second-order valence-electron chi connectivity index (χ2n) is 5.70. The molecule has 4 rings (SSSR count). The number of nitrogens with two attached hydrogens (primary N) is 1. The predicted molar refractivity (Wildman–Crippen MR) is 82.9 cm³/mol. The SMILES string of the molecule is C=C1O[C@@H](n2cnc3c(N)nc(N4CCOCC4)nc32)[C@@H](F)[C@@H]1O. The molecule has 2 aromatic heterocycles. The van der Waals surface area contributed by atoms with E-state index in [1.165, 1.54) is 10.9 Å². The smallest absolute Gasteiger partial charge is 0.229 e. The molecule has 2 saturated heterocycles. The Morgan fingerprint density at radius 2 is 2.08 bits per heavy atom. The van der Waals surface area contributed by atoms with Crippen molar-refractivity contribution in [2.45, 2.75) is 18.5 Å². The van der Waals surface area contributed by atoms with Crippen LogP contribution in [0.15, 0.2) is 18.7 Å². The highest BCUT2D eigenvalue weighted by Gasteiger charge is 2.42. The number of nitrogens with zero attached hydrogens (tertiary/aromatic N) is 5. The normalized spacial score (nSPS) is 27.7. The number of anilines is 2. The Morgan fingerprint density at radius 3 is 2.75 bits per heavy atom. The van der Waals surface area contributed by atoms with E-state index in [1.54, 1.807) is 0 Å². The number of alkyl halides is 1. The zero-order chi connectivity index (χ0) is 16.8. The molecule has 2 fully saturated rings. The molecule has 10 heteroatoms. The number of fused-ring (bicyclic) bond motifs is 1. The molecule has 0 spiro atoms. The summed E-state index contributed by atoms with van der Waals surface area (Å²) in [6, 6.07) is 0. The lowest BCUT2D eigenvalue weighted by atomic mass is 10.2. The maximum absolute atomic E-state index is 14.3. The molecule has 0 aromatic carbocycles. The number of morpholine rings is 1. The molecular weight excluding hydrogens is 319 g/mol. The first kappa shape index (κ1) is 15.1. The number of hydrogen-bond acceptors (Lipinski definition) is 8. The van der Waals surface area contributed by atoms with Crippen molar-refractivity contribution in [2.75, 3.05) is 36.9 Å². The van der Waals surface area contributed by atoms with Gasteiger partial charge in [-0.25, -0.2) is 9.37 Å². The van der Waals surface area contributed by atoms with Gasteiger partial charge in [0.05, 0.1) is 13.2 Å². The van der Waals surface area contributed by atoms with Crippen molar-refractivity contribution < 1.29 is 19.0 Å². The first-order valence-electron chi connectivity index (χ1n) is 7.56. The summed E-state index contributed by atoms with van der Waals surface area (Å²) in [5.74, 6) is 0.607. The van der Waals surface area contributed by atoms with Crippen LogP contribution in [0.3, 0.4) is 0 Å². The third kappa shape index (κ3) is 2.26. The Bertz CT molecular complexity index is 790. The molecule has 0 saturated carbocycles. The van der Waals surface area contributed by atoms with Gasteiger partial charge >= 0.3 is 0 Å². The number of aliphatic hydroxyl groups excluding tert-OH is 1. The fraction of sp³-hybridized carbons (Fsp3) is 0.500. The largest absolute Gasteiger partial charge is 0.469 e. The fourth-order valence-electron chi connectivity index (χ4n) is 2.85. The third-order valence-corrected chi connectivity index (χ3v) is 4.18. The van der Waals surface area contributed by atoms with E-state index in [4.69, 9.17) is 15.2 Å². The minimum absolute atomic E-state index is 0.0234. The minimum atomic E-state index is -1.67. The van der Waals surface area contributed by atoms with E-state index in [2.05, 4.69) is 21.5 Å². The van der Waals surface area contributed by atoms with Crippen molar-refractivity contribution in [1.29, 1.82) is 0 Å². The summed E-state index contributed by atoms with van der Waals surface area (Å²) in [5, 5.41) is 9.71. The van der Waals surface area contributed by atoms with Crippen LogP contribution in [-0.4, -0.2) is 63.2 Å². The van der Waals surface area contributed by atoms with Crippen molar-refractivity contribution in [3.63, 3.8) is 0 Å². The van der Waals surface area contributed by atoms with Crippen molar-refractivity contribution in [1.82, 2.24) is 19.5 Å². The number of aromatic nitrogens is 4. The molecule has 0 unspecified atom stereocenters. The molecule has 24 heavy (non-hydrogen) atoms. The lowest BCUT2D eigenvalue weighted by molar-refractivity contribution is 0.0406. The maximum Gasteiger partial charge on any atom is 0.229 e. The molecule has 0 amide bonds. The monoisotopic (exact) mass is 336 g/mol. The summed E-state index contributed by atoms with van der Waals surface area (Å²) in [4.78, 5) is 14.8. The van der Waals surface area contributed by atoms with Gasteiger partial charge in [-0.05, 0) is 0 Å². The highest BCUT2D eigenvalue weighted by molar-refractivity contribution is 5.83. The predicted octanol–water partition coefficient (Wildman–Crippen LogP) is -0.0134. The van der Waals surface area contributed by atoms with Gasteiger partial charge in [0, 0.05) is 13.1 Å². The molecule has 4 heterocycles. The summed E-state index contributed by atoms with van der Waals surface area (Å²) in [6.45, 7) is 5.94. The van der Waals surface area contributed by atoms with Crippen LogP contribution in [0, 0.1) is 0 Å². The zero-order valence-electron chi connectivity index (χ0n) is 12.8. The Morgan fingerprint density at radius 1 is 1.33 bits per heavy atom. The third-order valence-electron chi connectivity index (χ3n) is 4.18. The van der Waals surface area contributed by atoms with Crippen LogP contribution in [0.4, 0.5) is 16.2 Å². The Balaban J connectivity index is 1.77. The quantitative estimate of drug-likeness (QED) is 0.787. The molecule has 0 aliphatic carbocycles. The maximum atomic E-state index is 14.3. The molecule has 128 valence electrons. The topological polar surface area (TPSA) is 112 Å².